The van der Waals surface area contributed by atoms with Crippen molar-refractivity contribution in [2.75, 3.05) is 13.1 Å². The van der Waals surface area contributed by atoms with Gasteiger partial charge < -0.3 is 9.63 Å². The number of carboxylic acid groups (broad SMARTS) is 1. The van der Waals surface area contributed by atoms with Gasteiger partial charge in [0.05, 0.1) is 19.3 Å². The van der Waals surface area contributed by atoms with Crippen LogP contribution in [0.1, 0.15) is 5.56 Å². The first-order valence-electron chi connectivity index (χ1n) is 3.98. The van der Waals surface area contributed by atoms with E-state index in [1.807, 2.05) is 0 Å². The van der Waals surface area contributed by atoms with Crippen molar-refractivity contribution in [2.24, 2.45) is 0 Å². The van der Waals surface area contributed by atoms with Gasteiger partial charge in [-0.1, -0.05) is 11.1 Å². The van der Waals surface area contributed by atoms with E-state index in [0.29, 0.717) is 6.54 Å². The second-order valence-corrected chi connectivity index (χ2v) is 2.78. The van der Waals surface area contributed by atoms with E-state index in [1.54, 1.807) is 4.90 Å². The van der Waals surface area contributed by atoms with Crippen LogP contribution in [0.3, 0.4) is 0 Å². The molecule has 0 bridgehead atoms. The lowest BCUT2D eigenvalue weighted by Crippen LogP contribution is -2.29. The van der Waals surface area contributed by atoms with Crippen LogP contribution in [0.5, 0.6) is 0 Å². The van der Waals surface area contributed by atoms with E-state index < -0.39 is 5.97 Å². The molecule has 0 aliphatic carbocycles. The molecule has 0 fully saturated rings. The van der Waals surface area contributed by atoms with Gasteiger partial charge in [0.25, 0.3) is 0 Å². The number of aromatic nitrogens is 1. The number of hydrogen-bond acceptors (Lipinski definition) is 4. The molecule has 0 spiro atoms. The van der Waals surface area contributed by atoms with Crippen LogP contribution < -0.4 is 0 Å². The van der Waals surface area contributed by atoms with Crippen molar-refractivity contribution >= 4 is 5.97 Å². The van der Waals surface area contributed by atoms with Crippen molar-refractivity contribution in [1.82, 2.24) is 10.1 Å². The second-order valence-electron chi connectivity index (χ2n) is 2.78. The van der Waals surface area contributed by atoms with E-state index in [-0.39, 0.29) is 13.1 Å². The van der Waals surface area contributed by atoms with Gasteiger partial charge in [-0.05, 0) is 0 Å². The molecule has 0 aliphatic heterocycles. The van der Waals surface area contributed by atoms with Gasteiger partial charge in [0.2, 0.25) is 0 Å². The monoisotopic (exact) mass is 194 g/mol. The van der Waals surface area contributed by atoms with Crippen LogP contribution in [-0.2, 0) is 11.3 Å². The summed E-state index contributed by atoms with van der Waals surface area (Å²) in [7, 11) is 0. The number of hydrogen-bond donors (Lipinski definition) is 1. The van der Waals surface area contributed by atoms with Gasteiger partial charge in [-0.25, -0.2) is 0 Å². The van der Waals surface area contributed by atoms with Gasteiger partial charge in [-0.15, -0.1) is 6.42 Å². The Bertz CT molecular complexity index is 326. The number of aliphatic carboxylic acids is 1. The van der Waals surface area contributed by atoms with Gasteiger partial charge in [0.1, 0.15) is 6.26 Å². The van der Waals surface area contributed by atoms with Crippen LogP contribution in [0.4, 0.5) is 0 Å². The lowest BCUT2D eigenvalue weighted by molar-refractivity contribution is -0.138. The van der Waals surface area contributed by atoms with Crippen molar-refractivity contribution in [3.63, 3.8) is 0 Å². The van der Waals surface area contributed by atoms with Crippen LogP contribution in [0.2, 0.25) is 0 Å². The average molecular weight is 194 g/mol. The molecule has 14 heavy (non-hydrogen) atoms. The van der Waals surface area contributed by atoms with Crippen LogP contribution in [0.25, 0.3) is 0 Å². The van der Waals surface area contributed by atoms with Crippen LogP contribution in [-0.4, -0.2) is 34.2 Å². The molecule has 0 radical (unpaired) electrons. The summed E-state index contributed by atoms with van der Waals surface area (Å²) < 4.78 is 4.62. The smallest absolute Gasteiger partial charge is 0.317 e. The molecule has 0 atom stereocenters. The molecule has 0 saturated heterocycles. The zero-order valence-electron chi connectivity index (χ0n) is 7.51. The summed E-state index contributed by atoms with van der Waals surface area (Å²) in [4.78, 5) is 12.1. The number of carbonyl (C=O) groups is 1. The standard InChI is InChI=1S/C9H10N2O3/c1-2-3-11(6-9(12)13)5-8-4-10-14-7-8/h1,4,7H,3,5-6H2,(H,12,13). The van der Waals surface area contributed by atoms with E-state index >= 15 is 0 Å². The minimum atomic E-state index is -0.906. The Labute approximate surface area is 81.3 Å². The van der Waals surface area contributed by atoms with Gasteiger partial charge in [0, 0.05) is 12.1 Å². The Morgan fingerprint density at radius 1 is 1.79 bits per heavy atom. The summed E-state index contributed by atoms with van der Waals surface area (Å²) in [6.07, 6.45) is 8.11. The lowest BCUT2D eigenvalue weighted by atomic mass is 10.3. The summed E-state index contributed by atoms with van der Waals surface area (Å²) in [6, 6.07) is 0. The van der Waals surface area contributed by atoms with E-state index in [9.17, 15) is 4.79 Å². The fourth-order valence-corrected chi connectivity index (χ4v) is 1.05. The van der Waals surface area contributed by atoms with Gasteiger partial charge in [0.15, 0.2) is 0 Å². The molecule has 0 unspecified atom stereocenters. The first-order chi connectivity index (χ1) is 6.72. The number of nitrogens with zero attached hydrogens (tertiary/aromatic N) is 2. The molecule has 74 valence electrons. The minimum Gasteiger partial charge on any atom is -0.480 e. The molecule has 1 rings (SSSR count). The molecule has 1 heterocycles. The zero-order chi connectivity index (χ0) is 10.4. The molecular weight excluding hydrogens is 184 g/mol. The predicted molar refractivity (Wildman–Crippen MR) is 48.2 cm³/mol. The molecule has 0 aliphatic rings. The lowest BCUT2D eigenvalue weighted by Gasteiger charge is -2.15. The topological polar surface area (TPSA) is 66.6 Å². The fourth-order valence-electron chi connectivity index (χ4n) is 1.05. The van der Waals surface area contributed by atoms with Crippen molar-refractivity contribution in [3.05, 3.63) is 18.0 Å². The Morgan fingerprint density at radius 3 is 3.07 bits per heavy atom. The summed E-state index contributed by atoms with van der Waals surface area (Å²) in [5.41, 5.74) is 0.807. The van der Waals surface area contributed by atoms with Gasteiger partial charge >= 0.3 is 5.97 Å². The third-order valence-electron chi connectivity index (χ3n) is 1.56. The van der Waals surface area contributed by atoms with Crippen LogP contribution >= 0.6 is 0 Å². The number of rotatable bonds is 5. The van der Waals surface area contributed by atoms with Crippen molar-refractivity contribution in [3.8, 4) is 12.3 Å². The molecule has 5 heteroatoms. The molecule has 1 aromatic rings. The molecule has 5 nitrogen and oxygen atoms in total. The largest absolute Gasteiger partial charge is 0.480 e. The number of carboxylic acids is 1. The van der Waals surface area contributed by atoms with Gasteiger partial charge in [-0.3, -0.25) is 9.69 Å². The van der Waals surface area contributed by atoms with E-state index in [4.69, 9.17) is 11.5 Å². The number of terminal acetylenes is 1. The maximum Gasteiger partial charge on any atom is 0.317 e. The van der Waals surface area contributed by atoms with Crippen molar-refractivity contribution in [1.29, 1.82) is 0 Å². The Morgan fingerprint density at radius 2 is 2.57 bits per heavy atom. The average Bonchev–Trinajstić information content (AvgIpc) is 2.56. The third-order valence-corrected chi connectivity index (χ3v) is 1.56. The first kappa shape index (κ1) is 10.3. The molecule has 0 aromatic carbocycles. The Balaban J connectivity index is 2.52. The zero-order valence-corrected chi connectivity index (χ0v) is 7.51. The summed E-state index contributed by atoms with van der Waals surface area (Å²) in [5.74, 6) is 1.49. The molecular formula is C9H10N2O3. The summed E-state index contributed by atoms with van der Waals surface area (Å²) in [6.45, 7) is 0.632. The molecule has 1 N–H and O–H groups in total. The first-order valence-corrected chi connectivity index (χ1v) is 3.98. The highest BCUT2D eigenvalue weighted by Crippen LogP contribution is 2.02. The Kier molecular flexibility index (Phi) is 3.70. The van der Waals surface area contributed by atoms with Crippen molar-refractivity contribution in [2.45, 2.75) is 6.54 Å². The minimum absolute atomic E-state index is 0.0879. The van der Waals surface area contributed by atoms with E-state index in [0.717, 1.165) is 5.56 Å². The second kappa shape index (κ2) is 5.04. The van der Waals surface area contributed by atoms with E-state index in [2.05, 4.69) is 15.6 Å². The highest BCUT2D eigenvalue weighted by molar-refractivity contribution is 5.69. The molecule has 1 aromatic heterocycles. The highest BCUT2D eigenvalue weighted by atomic mass is 16.5. The van der Waals surface area contributed by atoms with Crippen LogP contribution in [0, 0.1) is 12.3 Å². The predicted octanol–water partition coefficient (Wildman–Crippen LogP) is 0.194. The summed E-state index contributed by atoms with van der Waals surface area (Å²) in [5, 5.41) is 12.1. The highest BCUT2D eigenvalue weighted by Gasteiger charge is 2.09. The van der Waals surface area contributed by atoms with Crippen molar-refractivity contribution < 1.29 is 14.4 Å². The third kappa shape index (κ3) is 3.29. The normalized spacial score (nSPS) is 10.0. The molecule has 0 saturated carbocycles. The van der Waals surface area contributed by atoms with Gasteiger partial charge in [-0.2, -0.15) is 0 Å². The SMILES string of the molecule is C#CCN(CC(=O)O)Cc1cnoc1. The van der Waals surface area contributed by atoms with E-state index in [1.165, 1.54) is 12.5 Å². The fraction of sp³-hybridized carbons (Fsp3) is 0.333. The van der Waals surface area contributed by atoms with Crippen LogP contribution in [0.15, 0.2) is 17.0 Å². The maximum atomic E-state index is 10.5. The quantitative estimate of drug-likeness (QED) is 0.678. The Hall–Kier alpha value is -1.80. The maximum absolute atomic E-state index is 10.5. The summed E-state index contributed by atoms with van der Waals surface area (Å²) >= 11 is 0. The molecule has 0 amide bonds.